The minimum atomic E-state index is -1.45. The molecule has 0 aliphatic heterocycles. The molecule has 0 bridgehead atoms. The summed E-state index contributed by atoms with van der Waals surface area (Å²) in [4.78, 5) is 8.20. The fourth-order valence-electron chi connectivity index (χ4n) is 2.13. The van der Waals surface area contributed by atoms with Gasteiger partial charge in [-0.15, -0.1) is 5.54 Å². The normalized spacial score (nSPS) is 11.0. The first-order valence-electron chi connectivity index (χ1n) is 6.77. The van der Waals surface area contributed by atoms with Crippen molar-refractivity contribution in [3.05, 3.63) is 34.9 Å². The van der Waals surface area contributed by atoms with Crippen LogP contribution in [0.4, 0.5) is 5.69 Å². The highest BCUT2D eigenvalue weighted by atomic mass is 28.3. The van der Waals surface area contributed by atoms with Gasteiger partial charge < -0.3 is 4.57 Å². The molecule has 0 radical (unpaired) electrons. The second-order valence-electron chi connectivity index (χ2n) is 5.87. The third-order valence-corrected chi connectivity index (χ3v) is 3.94. The molecule has 20 heavy (non-hydrogen) atoms. The van der Waals surface area contributed by atoms with Crippen LogP contribution in [0.15, 0.2) is 12.1 Å². The second-order valence-corrected chi connectivity index (χ2v) is 10.6. The molecule has 1 aromatic carbocycles. The van der Waals surface area contributed by atoms with E-state index in [1.807, 2.05) is 19.1 Å². The van der Waals surface area contributed by atoms with Crippen LogP contribution >= 0.6 is 0 Å². The molecule has 1 heterocycles. The molecule has 2 aromatic rings. The van der Waals surface area contributed by atoms with Gasteiger partial charge in [0.25, 0.3) is 0 Å². The smallest absolute Gasteiger partial charge is 0.204 e. The van der Waals surface area contributed by atoms with Crippen LogP contribution in [0.25, 0.3) is 15.9 Å². The number of imidazole rings is 1. The van der Waals surface area contributed by atoms with Crippen molar-refractivity contribution in [3.8, 4) is 11.5 Å². The number of hydrogen-bond donors (Lipinski definition) is 0. The molecule has 102 valence electrons. The van der Waals surface area contributed by atoms with E-state index in [4.69, 9.17) is 6.57 Å². The summed E-state index contributed by atoms with van der Waals surface area (Å²) in [5, 5.41) is 0. The topological polar surface area (TPSA) is 22.2 Å². The lowest BCUT2D eigenvalue weighted by Gasteiger charge is -2.05. The first-order valence-corrected chi connectivity index (χ1v) is 10.3. The van der Waals surface area contributed by atoms with Crippen LogP contribution in [0, 0.1) is 25.0 Å². The van der Waals surface area contributed by atoms with Gasteiger partial charge in [-0.05, 0) is 26.0 Å². The summed E-state index contributed by atoms with van der Waals surface area (Å²) in [5.74, 6) is 4.17. The highest BCUT2D eigenvalue weighted by molar-refractivity contribution is 6.83. The average molecular weight is 281 g/mol. The molecule has 0 fully saturated rings. The SMILES string of the molecule is [C-]#[N+]c1cc2c(cc1C#C[Si](C)(C)C)nc(C)n2CC. The van der Waals surface area contributed by atoms with E-state index in [9.17, 15) is 0 Å². The Balaban J connectivity index is 2.68. The van der Waals surface area contributed by atoms with Crippen LogP contribution in [0.3, 0.4) is 0 Å². The predicted molar refractivity (Wildman–Crippen MR) is 86.6 cm³/mol. The molecule has 0 atom stereocenters. The van der Waals surface area contributed by atoms with Crippen LogP contribution in [-0.4, -0.2) is 17.6 Å². The molecule has 0 saturated heterocycles. The van der Waals surface area contributed by atoms with Crippen molar-refractivity contribution in [3.63, 3.8) is 0 Å². The molecule has 0 amide bonds. The Morgan fingerprint density at radius 1 is 1.35 bits per heavy atom. The molecule has 4 heteroatoms. The van der Waals surface area contributed by atoms with Crippen LogP contribution in [0.5, 0.6) is 0 Å². The molecular weight excluding hydrogens is 262 g/mol. The molecule has 0 unspecified atom stereocenters. The lowest BCUT2D eigenvalue weighted by molar-refractivity contribution is 0.753. The molecule has 3 nitrogen and oxygen atoms in total. The number of fused-ring (bicyclic) bond motifs is 1. The fraction of sp³-hybridized carbons (Fsp3) is 0.375. The van der Waals surface area contributed by atoms with Crippen molar-refractivity contribution in [1.29, 1.82) is 0 Å². The van der Waals surface area contributed by atoms with E-state index >= 15 is 0 Å². The van der Waals surface area contributed by atoms with Crippen molar-refractivity contribution in [2.24, 2.45) is 0 Å². The standard InChI is InChI=1S/C16H19N3Si/c1-7-19-12(2)18-15-10-13(8-9-20(4,5)6)14(17-3)11-16(15)19/h10-11H,7H2,1-2,4-6H3. The third kappa shape index (κ3) is 2.76. The average Bonchev–Trinajstić information content (AvgIpc) is 2.68. The largest absolute Gasteiger partial charge is 0.330 e. The lowest BCUT2D eigenvalue weighted by Crippen LogP contribution is -2.16. The number of aromatic nitrogens is 2. The van der Waals surface area contributed by atoms with E-state index < -0.39 is 8.07 Å². The summed E-state index contributed by atoms with van der Waals surface area (Å²) in [7, 11) is -1.45. The lowest BCUT2D eigenvalue weighted by atomic mass is 10.1. The zero-order valence-corrected chi connectivity index (χ0v) is 13.7. The summed E-state index contributed by atoms with van der Waals surface area (Å²) in [6, 6.07) is 3.87. The quantitative estimate of drug-likeness (QED) is 0.437. The molecule has 0 N–H and O–H groups in total. The maximum Gasteiger partial charge on any atom is 0.204 e. The molecular formula is C16H19N3Si. The van der Waals surface area contributed by atoms with Crippen molar-refractivity contribution in [1.82, 2.24) is 9.55 Å². The van der Waals surface area contributed by atoms with Crippen molar-refractivity contribution < 1.29 is 0 Å². The first-order chi connectivity index (χ1) is 9.35. The molecule has 1 aromatic heterocycles. The zero-order chi connectivity index (χ0) is 14.9. The van der Waals surface area contributed by atoms with Crippen LogP contribution in [-0.2, 0) is 6.54 Å². The van der Waals surface area contributed by atoms with Crippen molar-refractivity contribution in [2.45, 2.75) is 40.0 Å². The number of hydrogen-bond acceptors (Lipinski definition) is 1. The Morgan fingerprint density at radius 3 is 2.60 bits per heavy atom. The number of benzene rings is 1. The number of aryl methyl sites for hydroxylation is 2. The van der Waals surface area contributed by atoms with E-state index in [-0.39, 0.29) is 0 Å². The zero-order valence-electron chi connectivity index (χ0n) is 12.7. The first kappa shape index (κ1) is 14.4. The Kier molecular flexibility index (Phi) is 3.70. The minimum Gasteiger partial charge on any atom is -0.330 e. The van der Waals surface area contributed by atoms with Crippen LogP contribution in [0.2, 0.25) is 19.6 Å². The summed E-state index contributed by atoms with van der Waals surface area (Å²) >= 11 is 0. The Morgan fingerprint density at radius 2 is 2.05 bits per heavy atom. The van der Waals surface area contributed by atoms with Gasteiger partial charge in [0.15, 0.2) is 0 Å². The molecule has 2 rings (SSSR count). The number of rotatable bonds is 1. The highest BCUT2D eigenvalue weighted by Gasteiger charge is 2.12. The molecule has 0 aliphatic rings. The van der Waals surface area contributed by atoms with Gasteiger partial charge >= 0.3 is 0 Å². The molecule has 0 saturated carbocycles. The number of nitrogens with zero attached hydrogens (tertiary/aromatic N) is 3. The minimum absolute atomic E-state index is 0.623. The summed E-state index contributed by atoms with van der Waals surface area (Å²) < 4.78 is 2.12. The highest BCUT2D eigenvalue weighted by Crippen LogP contribution is 2.26. The van der Waals surface area contributed by atoms with E-state index in [0.717, 1.165) is 29.0 Å². The van der Waals surface area contributed by atoms with Gasteiger partial charge in [0.05, 0.1) is 17.6 Å². The van der Waals surface area contributed by atoms with Crippen molar-refractivity contribution >= 4 is 24.8 Å². The van der Waals surface area contributed by atoms with E-state index in [1.54, 1.807) is 0 Å². The molecule has 0 aliphatic carbocycles. The van der Waals surface area contributed by atoms with Crippen LogP contribution in [0.1, 0.15) is 18.3 Å². The second kappa shape index (κ2) is 5.15. The Bertz CT molecular complexity index is 761. The molecule has 0 spiro atoms. The summed E-state index contributed by atoms with van der Waals surface area (Å²) in [5.41, 5.74) is 6.70. The van der Waals surface area contributed by atoms with Crippen LogP contribution < -0.4 is 0 Å². The van der Waals surface area contributed by atoms with Gasteiger partial charge in [-0.2, -0.15) is 0 Å². The monoisotopic (exact) mass is 281 g/mol. The predicted octanol–water partition coefficient (Wildman–Crippen LogP) is 4.14. The maximum absolute atomic E-state index is 7.37. The fourth-order valence-corrected chi connectivity index (χ4v) is 2.64. The van der Waals surface area contributed by atoms with E-state index in [0.29, 0.717) is 5.69 Å². The maximum atomic E-state index is 7.37. The van der Waals surface area contributed by atoms with Gasteiger partial charge in [0, 0.05) is 12.1 Å². The van der Waals surface area contributed by atoms with Gasteiger partial charge in [0.2, 0.25) is 5.69 Å². The Hall–Kier alpha value is -2.04. The van der Waals surface area contributed by atoms with Crippen molar-refractivity contribution in [2.75, 3.05) is 0 Å². The Labute approximate surface area is 121 Å². The van der Waals surface area contributed by atoms with Gasteiger partial charge in [-0.25, -0.2) is 9.83 Å². The van der Waals surface area contributed by atoms with E-state index in [1.165, 1.54) is 0 Å². The van der Waals surface area contributed by atoms with Gasteiger partial charge in [-0.1, -0.05) is 25.6 Å². The summed E-state index contributed by atoms with van der Waals surface area (Å²) in [6.07, 6.45) is 0. The summed E-state index contributed by atoms with van der Waals surface area (Å²) in [6.45, 7) is 18.9. The van der Waals surface area contributed by atoms with E-state index in [2.05, 4.69) is 52.4 Å². The van der Waals surface area contributed by atoms with Gasteiger partial charge in [0.1, 0.15) is 13.9 Å². The van der Waals surface area contributed by atoms with Gasteiger partial charge in [-0.3, -0.25) is 0 Å². The third-order valence-electron chi connectivity index (χ3n) is 3.07.